The van der Waals surface area contributed by atoms with Crippen LogP contribution < -0.4 is 5.32 Å². The predicted octanol–water partition coefficient (Wildman–Crippen LogP) is 11.3. The number of carbonyl (C=O) groups is 1. The molecular weight excluding hydrogens is 518 g/mol. The van der Waals surface area contributed by atoms with Crippen molar-refractivity contribution in [2.24, 2.45) is 0 Å². The van der Waals surface area contributed by atoms with Gasteiger partial charge in [-0.25, -0.2) is 0 Å². The number of amides is 1. The van der Waals surface area contributed by atoms with Gasteiger partial charge in [-0.05, 0) is 12.8 Å². The molecule has 4 heteroatoms. The predicted molar refractivity (Wildman–Crippen MR) is 184 cm³/mol. The zero-order valence-corrected chi connectivity index (χ0v) is 28.8. The zero-order valence-electron chi connectivity index (χ0n) is 28.8. The molecule has 0 aliphatic heterocycles. The van der Waals surface area contributed by atoms with Crippen molar-refractivity contribution in [1.29, 1.82) is 0 Å². The van der Waals surface area contributed by atoms with Crippen molar-refractivity contribution in [2.75, 3.05) is 6.61 Å². The molecule has 0 rings (SSSR count). The number of hydrogen-bond acceptors (Lipinski definition) is 3. The van der Waals surface area contributed by atoms with Crippen LogP contribution in [0, 0.1) is 0 Å². The van der Waals surface area contributed by atoms with Gasteiger partial charge in [0.05, 0.1) is 18.8 Å². The van der Waals surface area contributed by atoms with Crippen LogP contribution in [0.2, 0.25) is 0 Å². The number of unbranched alkanes of at least 4 members (excludes halogenated alkanes) is 28. The van der Waals surface area contributed by atoms with Gasteiger partial charge in [-0.2, -0.15) is 0 Å². The third-order valence-corrected chi connectivity index (χ3v) is 9.12. The number of aliphatic hydroxyl groups excluding tert-OH is 2. The molecule has 2 atom stereocenters. The quantitative estimate of drug-likeness (QED) is 0.0638. The Bertz CT molecular complexity index is 526. The second kappa shape index (κ2) is 34.9. The summed E-state index contributed by atoms with van der Waals surface area (Å²) in [6.07, 6.45) is 40.4. The van der Waals surface area contributed by atoms with Crippen molar-refractivity contribution < 1.29 is 15.0 Å². The summed E-state index contributed by atoms with van der Waals surface area (Å²) in [6.45, 7) is 4.33. The molecule has 1 amide bonds. The van der Waals surface area contributed by atoms with Crippen molar-refractivity contribution in [2.45, 2.75) is 231 Å². The van der Waals surface area contributed by atoms with Gasteiger partial charge in [0.1, 0.15) is 0 Å². The molecule has 0 aromatic heterocycles. The van der Waals surface area contributed by atoms with E-state index < -0.39 is 12.1 Å². The highest BCUT2D eigenvalue weighted by Gasteiger charge is 2.19. The fraction of sp³-hybridized carbons (Fsp3) is 0.974. The highest BCUT2D eigenvalue weighted by molar-refractivity contribution is 5.76. The van der Waals surface area contributed by atoms with Gasteiger partial charge in [-0.3, -0.25) is 4.79 Å². The van der Waals surface area contributed by atoms with Crippen LogP contribution in [0.1, 0.15) is 219 Å². The SMILES string of the molecule is CCCCCCCCCCCCCCCCCCCCCCCCCC(=O)NC(CO)C(O)CCCCCCCCC. The third-order valence-electron chi connectivity index (χ3n) is 9.12. The first-order valence-electron chi connectivity index (χ1n) is 19.2. The van der Waals surface area contributed by atoms with E-state index in [0.29, 0.717) is 12.8 Å². The van der Waals surface area contributed by atoms with E-state index in [1.807, 2.05) is 0 Å². The van der Waals surface area contributed by atoms with E-state index in [-0.39, 0.29) is 12.5 Å². The van der Waals surface area contributed by atoms with Gasteiger partial charge in [-0.1, -0.05) is 200 Å². The minimum Gasteiger partial charge on any atom is -0.394 e. The second-order valence-corrected chi connectivity index (χ2v) is 13.4. The number of hydrogen-bond donors (Lipinski definition) is 3. The Labute approximate surface area is 264 Å². The first-order valence-corrected chi connectivity index (χ1v) is 19.2. The molecule has 0 aliphatic rings. The summed E-state index contributed by atoms with van der Waals surface area (Å²) in [5.41, 5.74) is 0. The molecule has 0 bridgehead atoms. The molecule has 3 N–H and O–H groups in total. The summed E-state index contributed by atoms with van der Waals surface area (Å²) < 4.78 is 0. The molecule has 42 heavy (non-hydrogen) atoms. The first-order chi connectivity index (χ1) is 20.7. The Kier molecular flexibility index (Phi) is 34.4. The third kappa shape index (κ3) is 30.8. The van der Waals surface area contributed by atoms with E-state index in [0.717, 1.165) is 25.7 Å². The molecule has 0 aromatic carbocycles. The summed E-state index contributed by atoms with van der Waals surface area (Å²) in [5, 5.41) is 22.9. The van der Waals surface area contributed by atoms with Crippen LogP contribution in [-0.4, -0.2) is 34.9 Å². The lowest BCUT2D eigenvalue weighted by molar-refractivity contribution is -0.123. The molecule has 2 unspecified atom stereocenters. The number of carbonyl (C=O) groups excluding carboxylic acids is 1. The fourth-order valence-corrected chi connectivity index (χ4v) is 6.13. The van der Waals surface area contributed by atoms with Crippen LogP contribution in [0.4, 0.5) is 0 Å². The normalized spacial score (nSPS) is 13.0. The highest BCUT2D eigenvalue weighted by atomic mass is 16.3. The Morgan fingerprint density at radius 2 is 0.762 bits per heavy atom. The van der Waals surface area contributed by atoms with Crippen LogP contribution in [0.5, 0.6) is 0 Å². The first kappa shape index (κ1) is 41.4. The van der Waals surface area contributed by atoms with Crippen LogP contribution in [0.15, 0.2) is 0 Å². The van der Waals surface area contributed by atoms with Gasteiger partial charge >= 0.3 is 0 Å². The Morgan fingerprint density at radius 3 is 1.07 bits per heavy atom. The van der Waals surface area contributed by atoms with Crippen LogP contribution in [-0.2, 0) is 4.79 Å². The van der Waals surface area contributed by atoms with Crippen molar-refractivity contribution in [3.63, 3.8) is 0 Å². The number of nitrogens with one attached hydrogen (secondary N) is 1. The van der Waals surface area contributed by atoms with Gasteiger partial charge in [0.15, 0.2) is 0 Å². The minimum atomic E-state index is -0.649. The summed E-state index contributed by atoms with van der Waals surface area (Å²) in [5.74, 6) is -0.0313. The van der Waals surface area contributed by atoms with Crippen molar-refractivity contribution in [3.05, 3.63) is 0 Å². The summed E-state index contributed by atoms with van der Waals surface area (Å²) in [4.78, 5) is 12.3. The number of aliphatic hydroxyl groups is 2. The van der Waals surface area contributed by atoms with Gasteiger partial charge in [0, 0.05) is 6.42 Å². The standard InChI is InChI=1S/C38H77NO3/c1-3-5-7-9-11-12-13-14-15-16-17-18-19-20-21-22-23-24-25-26-28-30-32-34-38(42)39-36(35-40)37(41)33-31-29-27-10-8-6-4-2/h36-37,40-41H,3-35H2,1-2H3,(H,39,42). The maximum Gasteiger partial charge on any atom is 0.220 e. The van der Waals surface area contributed by atoms with Crippen LogP contribution >= 0.6 is 0 Å². The van der Waals surface area contributed by atoms with E-state index in [4.69, 9.17) is 0 Å². The van der Waals surface area contributed by atoms with E-state index in [2.05, 4.69) is 19.2 Å². The molecule has 0 spiro atoms. The Hall–Kier alpha value is -0.610. The molecule has 4 nitrogen and oxygen atoms in total. The topological polar surface area (TPSA) is 69.6 Å². The lowest BCUT2D eigenvalue weighted by Crippen LogP contribution is -2.45. The lowest BCUT2D eigenvalue weighted by Gasteiger charge is -2.22. The fourth-order valence-electron chi connectivity index (χ4n) is 6.13. The largest absolute Gasteiger partial charge is 0.394 e. The van der Waals surface area contributed by atoms with Gasteiger partial charge in [-0.15, -0.1) is 0 Å². The van der Waals surface area contributed by atoms with E-state index in [1.54, 1.807) is 0 Å². The van der Waals surface area contributed by atoms with E-state index >= 15 is 0 Å². The van der Waals surface area contributed by atoms with Gasteiger partial charge in [0.25, 0.3) is 0 Å². The maximum absolute atomic E-state index is 12.3. The minimum absolute atomic E-state index is 0.0313. The molecule has 0 saturated carbocycles. The Balaban J connectivity index is 3.39. The van der Waals surface area contributed by atoms with E-state index in [1.165, 1.54) is 167 Å². The van der Waals surface area contributed by atoms with Gasteiger partial charge in [0.2, 0.25) is 5.91 Å². The van der Waals surface area contributed by atoms with Gasteiger partial charge < -0.3 is 15.5 Å². The second-order valence-electron chi connectivity index (χ2n) is 13.4. The van der Waals surface area contributed by atoms with Crippen molar-refractivity contribution >= 4 is 5.91 Å². The number of rotatable bonds is 35. The average Bonchev–Trinajstić information content (AvgIpc) is 2.99. The zero-order chi connectivity index (χ0) is 30.8. The summed E-state index contributed by atoms with van der Waals surface area (Å²) in [7, 11) is 0. The van der Waals surface area contributed by atoms with Crippen molar-refractivity contribution in [3.8, 4) is 0 Å². The lowest BCUT2D eigenvalue weighted by atomic mass is 10.0. The molecule has 252 valence electrons. The summed E-state index contributed by atoms with van der Waals surface area (Å²) in [6, 6.07) is -0.526. The van der Waals surface area contributed by atoms with E-state index in [9.17, 15) is 15.0 Å². The highest BCUT2D eigenvalue weighted by Crippen LogP contribution is 2.16. The monoisotopic (exact) mass is 596 g/mol. The molecule has 0 radical (unpaired) electrons. The maximum atomic E-state index is 12.3. The smallest absolute Gasteiger partial charge is 0.220 e. The van der Waals surface area contributed by atoms with Crippen LogP contribution in [0.3, 0.4) is 0 Å². The molecule has 0 saturated heterocycles. The molecule has 0 fully saturated rings. The molecule has 0 aliphatic carbocycles. The molecule has 0 heterocycles. The summed E-state index contributed by atoms with van der Waals surface area (Å²) >= 11 is 0. The molecule has 0 aromatic rings. The van der Waals surface area contributed by atoms with Crippen molar-refractivity contribution in [1.82, 2.24) is 5.32 Å². The average molecular weight is 596 g/mol. The molecular formula is C38H77NO3. The van der Waals surface area contributed by atoms with Crippen LogP contribution in [0.25, 0.3) is 0 Å². The Morgan fingerprint density at radius 1 is 0.476 bits per heavy atom.